The smallest absolute Gasteiger partial charge is 0.415 e. The number of nitrogens with zero attached hydrogens (tertiary/aromatic N) is 3. The van der Waals surface area contributed by atoms with Gasteiger partial charge in [0.1, 0.15) is 39.6 Å². The third-order valence-corrected chi connectivity index (χ3v) is 9.91. The van der Waals surface area contributed by atoms with Gasteiger partial charge in [-0.1, -0.05) is 47.5 Å². The summed E-state index contributed by atoms with van der Waals surface area (Å²) in [6.07, 6.45) is 1.76. The molecule has 0 saturated carbocycles. The Labute approximate surface area is 303 Å². The Hall–Kier alpha value is -4.65. The van der Waals surface area contributed by atoms with Crippen molar-refractivity contribution in [3.05, 3.63) is 122 Å². The molecule has 0 radical (unpaired) electrons. The molecule has 3 aliphatic rings. The average molecular weight is 743 g/mol. The van der Waals surface area contributed by atoms with Gasteiger partial charge in [-0.2, -0.15) is 4.73 Å². The van der Waals surface area contributed by atoms with Crippen molar-refractivity contribution in [1.82, 2.24) is 4.90 Å². The van der Waals surface area contributed by atoms with Crippen LogP contribution in [0.25, 0.3) is 0 Å². The molecular formula is C37H35Cl2F2N3O7. The molecule has 268 valence electrons. The van der Waals surface area contributed by atoms with E-state index in [1.807, 2.05) is 0 Å². The van der Waals surface area contributed by atoms with Crippen LogP contribution in [0.4, 0.5) is 19.3 Å². The zero-order chi connectivity index (χ0) is 36.2. The molecule has 0 N–H and O–H groups in total. The van der Waals surface area contributed by atoms with Gasteiger partial charge in [-0.3, -0.25) is 9.80 Å². The predicted molar refractivity (Wildman–Crippen MR) is 185 cm³/mol. The Bertz CT molecular complexity index is 1880. The summed E-state index contributed by atoms with van der Waals surface area (Å²) in [5, 5.41) is 12.1. The van der Waals surface area contributed by atoms with Crippen LogP contribution in [0, 0.1) is 22.8 Å². The van der Waals surface area contributed by atoms with Gasteiger partial charge in [0.05, 0.1) is 26.3 Å². The summed E-state index contributed by atoms with van der Waals surface area (Å²) < 4.78 is 53.5. The topological polar surface area (TPSA) is 104 Å². The van der Waals surface area contributed by atoms with E-state index in [1.54, 1.807) is 30.3 Å². The fourth-order valence-corrected chi connectivity index (χ4v) is 7.19. The lowest BCUT2D eigenvalue weighted by molar-refractivity contribution is -0.605. The average Bonchev–Trinajstić information content (AvgIpc) is 3.12. The second-order valence-electron chi connectivity index (χ2n) is 12.4. The van der Waals surface area contributed by atoms with Crippen LogP contribution < -0.4 is 19.1 Å². The van der Waals surface area contributed by atoms with Gasteiger partial charge in [0, 0.05) is 18.5 Å². The quantitative estimate of drug-likeness (QED) is 0.0897. The molecule has 51 heavy (non-hydrogen) atoms. The lowest BCUT2D eigenvalue weighted by Crippen LogP contribution is -2.53. The molecule has 14 heteroatoms. The Morgan fingerprint density at radius 3 is 2.25 bits per heavy atom. The van der Waals surface area contributed by atoms with E-state index >= 15 is 8.78 Å². The van der Waals surface area contributed by atoms with Gasteiger partial charge in [0.2, 0.25) is 0 Å². The molecule has 2 atom stereocenters. The minimum absolute atomic E-state index is 0.00874. The number of esters is 1. The molecular weight excluding hydrogens is 707 g/mol. The summed E-state index contributed by atoms with van der Waals surface area (Å²) >= 11 is 12.8. The van der Waals surface area contributed by atoms with Gasteiger partial charge in [-0.15, -0.1) is 0 Å². The predicted octanol–water partition coefficient (Wildman–Crippen LogP) is 7.30. The first-order valence-electron chi connectivity index (χ1n) is 16.3. The molecule has 4 aromatic rings. The highest BCUT2D eigenvalue weighted by Gasteiger charge is 2.38. The third kappa shape index (κ3) is 8.14. The number of hydrogen-bond acceptors (Lipinski definition) is 8. The first-order chi connectivity index (χ1) is 24.5. The van der Waals surface area contributed by atoms with E-state index in [4.69, 9.17) is 42.1 Å². The normalized spacial score (nSPS) is 18.5. The number of ether oxygens (including phenoxy) is 4. The maximum atomic E-state index is 15.1. The minimum Gasteiger partial charge on any atom is -0.619 e. The number of halogens is 4. The highest BCUT2D eigenvalue weighted by atomic mass is 35.5. The number of piperidine rings is 3. The van der Waals surface area contributed by atoms with E-state index in [1.165, 1.54) is 32.4 Å². The van der Waals surface area contributed by atoms with Gasteiger partial charge in [0.15, 0.2) is 23.9 Å². The maximum absolute atomic E-state index is 15.1. The molecule has 2 bridgehead atoms. The van der Waals surface area contributed by atoms with Crippen molar-refractivity contribution in [3.8, 4) is 11.5 Å². The van der Waals surface area contributed by atoms with Gasteiger partial charge in [0.25, 0.3) is 0 Å². The van der Waals surface area contributed by atoms with E-state index in [9.17, 15) is 14.8 Å². The molecule has 3 fully saturated rings. The highest BCUT2D eigenvalue weighted by Crippen LogP contribution is 2.36. The minimum atomic E-state index is -0.973. The van der Waals surface area contributed by atoms with Crippen molar-refractivity contribution >= 4 is 41.0 Å². The Kier molecular flexibility index (Phi) is 11.1. The fourth-order valence-electron chi connectivity index (χ4n) is 6.59. The maximum Gasteiger partial charge on any atom is 0.415 e. The number of fused-ring (bicyclic) bond motifs is 3. The second-order valence-corrected chi connectivity index (χ2v) is 13.2. The third-order valence-electron chi connectivity index (χ3n) is 9.26. The van der Waals surface area contributed by atoms with Crippen molar-refractivity contribution in [2.24, 2.45) is 5.92 Å². The fraction of sp³-hybridized carbons (Fsp3) is 0.324. The Morgan fingerprint density at radius 2 is 1.63 bits per heavy atom. The number of rotatable bonds is 11. The SMILES string of the molecule is COc1ccc(C(Cc2c(Cl)c[n+]([O-])cc2Cl)OC(=O)c2cccc(CN(C(=O)O[C@H]3CN4CCC3CC4)c3c(F)cccc3F)c2)cc1OC. The number of carbonyl (C=O) groups excluding carboxylic acids is 2. The second kappa shape index (κ2) is 15.7. The number of anilines is 1. The number of methoxy groups -OCH3 is 2. The van der Waals surface area contributed by atoms with Crippen LogP contribution in [0.15, 0.2) is 73.1 Å². The van der Waals surface area contributed by atoms with Crippen LogP contribution in [-0.4, -0.2) is 56.9 Å². The first-order valence-corrected chi connectivity index (χ1v) is 17.0. The van der Waals surface area contributed by atoms with Crippen LogP contribution >= 0.6 is 23.2 Å². The number of amides is 1. The van der Waals surface area contributed by atoms with Crippen molar-refractivity contribution in [2.75, 3.05) is 38.8 Å². The zero-order valence-corrected chi connectivity index (χ0v) is 29.3. The van der Waals surface area contributed by atoms with Crippen LogP contribution in [0.2, 0.25) is 10.0 Å². The first kappa shape index (κ1) is 36.2. The van der Waals surface area contributed by atoms with Crippen LogP contribution in [0.3, 0.4) is 0 Å². The monoisotopic (exact) mass is 741 g/mol. The summed E-state index contributed by atoms with van der Waals surface area (Å²) in [6.45, 7) is 2.10. The number of benzene rings is 3. The summed E-state index contributed by atoms with van der Waals surface area (Å²) in [7, 11) is 2.96. The molecule has 3 aliphatic heterocycles. The zero-order valence-electron chi connectivity index (χ0n) is 27.8. The molecule has 10 nitrogen and oxygen atoms in total. The molecule has 1 unspecified atom stereocenters. The highest BCUT2D eigenvalue weighted by molar-refractivity contribution is 6.35. The van der Waals surface area contributed by atoms with Gasteiger partial charge >= 0.3 is 12.1 Å². The molecule has 0 aliphatic carbocycles. The summed E-state index contributed by atoms with van der Waals surface area (Å²) in [5.74, 6) is -1.62. The van der Waals surface area contributed by atoms with E-state index < -0.39 is 41.6 Å². The van der Waals surface area contributed by atoms with Gasteiger partial charge < -0.3 is 24.2 Å². The van der Waals surface area contributed by atoms with Crippen LogP contribution in [0.1, 0.15) is 46.0 Å². The molecule has 1 aromatic heterocycles. The summed E-state index contributed by atoms with van der Waals surface area (Å²) in [5.41, 5.74) is 0.812. The molecule has 1 amide bonds. The van der Waals surface area contributed by atoms with Crippen molar-refractivity contribution in [3.63, 3.8) is 0 Å². The number of hydrogen-bond donors (Lipinski definition) is 0. The lowest BCUT2D eigenvalue weighted by atomic mass is 9.86. The molecule has 7 rings (SSSR count). The number of aromatic nitrogens is 1. The lowest BCUT2D eigenvalue weighted by Gasteiger charge is -2.44. The van der Waals surface area contributed by atoms with Crippen molar-refractivity contribution in [1.29, 1.82) is 0 Å². The summed E-state index contributed by atoms with van der Waals surface area (Å²) in [6, 6.07) is 14.5. The standard InChI is InChI=1S/C37H35Cl2F2N3O7/c1-48-31-10-9-24(16-33(31)49-2)32(17-26-27(38)19-43(47)20-28(26)39)50-36(45)25-6-3-5-22(15-25)18-44(35-29(40)7-4-8-30(35)41)37(46)51-34-21-42-13-11-23(34)12-14-42/h3-10,15-16,19-20,23,32,34H,11-14,17-18,21H2,1-2H3/t32?,34-/m0/s1. The van der Waals surface area contributed by atoms with E-state index in [0.717, 1.165) is 55.4 Å². The Morgan fingerprint density at radius 1 is 0.961 bits per heavy atom. The van der Waals surface area contributed by atoms with Gasteiger partial charge in [-0.25, -0.2) is 18.4 Å². The van der Waals surface area contributed by atoms with E-state index in [0.29, 0.717) is 39.5 Å². The summed E-state index contributed by atoms with van der Waals surface area (Å²) in [4.78, 5) is 30.6. The van der Waals surface area contributed by atoms with Crippen molar-refractivity contribution in [2.45, 2.75) is 38.0 Å². The molecule has 3 aromatic carbocycles. The molecule has 4 heterocycles. The molecule has 3 saturated heterocycles. The van der Waals surface area contributed by atoms with E-state index in [-0.39, 0.29) is 34.5 Å². The van der Waals surface area contributed by atoms with Crippen molar-refractivity contribution < 1.29 is 42.0 Å². The number of carbonyl (C=O) groups is 2. The molecule has 0 spiro atoms. The van der Waals surface area contributed by atoms with Gasteiger partial charge in [-0.05, 0) is 79.4 Å². The Balaban J connectivity index is 1.28. The van der Waals surface area contributed by atoms with Crippen LogP contribution in [0.5, 0.6) is 11.5 Å². The number of pyridine rings is 1. The van der Waals surface area contributed by atoms with Crippen LogP contribution in [-0.2, 0) is 22.4 Å². The largest absolute Gasteiger partial charge is 0.619 e. The number of para-hydroxylation sites is 1. The van der Waals surface area contributed by atoms with E-state index in [2.05, 4.69) is 4.90 Å².